The van der Waals surface area contributed by atoms with Crippen molar-refractivity contribution in [2.75, 3.05) is 26.2 Å². The third-order valence-corrected chi connectivity index (χ3v) is 5.05. The molecule has 1 fully saturated rings. The molecular formula is C19H31NO. The molecule has 0 amide bonds. The van der Waals surface area contributed by atoms with Crippen molar-refractivity contribution in [2.45, 2.75) is 46.5 Å². The van der Waals surface area contributed by atoms with Gasteiger partial charge in [-0.15, -0.1) is 0 Å². The summed E-state index contributed by atoms with van der Waals surface area (Å²) in [5.74, 6) is 2.89. The van der Waals surface area contributed by atoms with Crippen LogP contribution < -0.4 is 4.74 Å². The monoisotopic (exact) mass is 289 g/mol. The fraction of sp³-hybridized carbons (Fsp3) is 0.684. The maximum Gasteiger partial charge on any atom is 0.122 e. The van der Waals surface area contributed by atoms with Crippen LogP contribution in [0.2, 0.25) is 0 Å². The van der Waals surface area contributed by atoms with Gasteiger partial charge in [0.25, 0.3) is 0 Å². The van der Waals surface area contributed by atoms with Gasteiger partial charge in [-0.2, -0.15) is 0 Å². The quantitative estimate of drug-likeness (QED) is 0.684. The molecule has 1 aliphatic rings. The van der Waals surface area contributed by atoms with Crippen LogP contribution in [0.4, 0.5) is 0 Å². The van der Waals surface area contributed by atoms with Gasteiger partial charge in [-0.05, 0) is 62.7 Å². The van der Waals surface area contributed by atoms with Crippen molar-refractivity contribution in [3.05, 3.63) is 29.8 Å². The Morgan fingerprint density at radius 2 is 1.95 bits per heavy atom. The number of likely N-dealkylation sites (tertiary alicyclic amines) is 1. The Labute approximate surface area is 130 Å². The van der Waals surface area contributed by atoms with E-state index in [2.05, 4.69) is 43.9 Å². The summed E-state index contributed by atoms with van der Waals surface area (Å²) in [6.07, 6.45) is 5.22. The highest BCUT2D eigenvalue weighted by Crippen LogP contribution is 2.26. The standard InChI is InChI=1S/C19H31NO/c1-4-16(2)18-10-13-20(14-11-18)12-7-15-21-19-9-6-5-8-17(19)3/h5-6,8-9,16,18H,4,7,10-15H2,1-3H3. The zero-order valence-corrected chi connectivity index (χ0v) is 14.0. The Morgan fingerprint density at radius 1 is 1.24 bits per heavy atom. The number of nitrogens with zero attached hydrogens (tertiary/aromatic N) is 1. The van der Waals surface area contributed by atoms with Crippen molar-refractivity contribution in [3.63, 3.8) is 0 Å². The molecule has 0 aliphatic carbocycles. The van der Waals surface area contributed by atoms with Crippen LogP contribution in [-0.2, 0) is 0 Å². The third-order valence-electron chi connectivity index (χ3n) is 5.05. The summed E-state index contributed by atoms with van der Waals surface area (Å²) in [5, 5.41) is 0. The van der Waals surface area contributed by atoms with Gasteiger partial charge >= 0.3 is 0 Å². The van der Waals surface area contributed by atoms with E-state index < -0.39 is 0 Å². The van der Waals surface area contributed by atoms with Crippen LogP contribution in [0.5, 0.6) is 5.75 Å². The van der Waals surface area contributed by atoms with Gasteiger partial charge in [0.15, 0.2) is 0 Å². The Kier molecular flexibility index (Phi) is 6.56. The lowest BCUT2D eigenvalue weighted by Crippen LogP contribution is -2.36. The Hall–Kier alpha value is -1.02. The second-order valence-electron chi connectivity index (χ2n) is 6.53. The van der Waals surface area contributed by atoms with Gasteiger partial charge in [-0.25, -0.2) is 0 Å². The van der Waals surface area contributed by atoms with Gasteiger partial charge < -0.3 is 9.64 Å². The molecule has 21 heavy (non-hydrogen) atoms. The molecule has 2 heteroatoms. The molecule has 118 valence electrons. The lowest BCUT2D eigenvalue weighted by atomic mass is 9.84. The first-order valence-corrected chi connectivity index (χ1v) is 8.61. The van der Waals surface area contributed by atoms with Gasteiger partial charge in [0, 0.05) is 6.54 Å². The minimum atomic E-state index is 0.830. The zero-order chi connectivity index (χ0) is 15.1. The van der Waals surface area contributed by atoms with Crippen molar-refractivity contribution in [1.82, 2.24) is 4.90 Å². The maximum atomic E-state index is 5.88. The average Bonchev–Trinajstić information content (AvgIpc) is 2.53. The lowest BCUT2D eigenvalue weighted by molar-refractivity contribution is 0.142. The van der Waals surface area contributed by atoms with Crippen molar-refractivity contribution in [2.24, 2.45) is 11.8 Å². The Balaban J connectivity index is 1.61. The van der Waals surface area contributed by atoms with E-state index in [-0.39, 0.29) is 0 Å². The van der Waals surface area contributed by atoms with E-state index in [1.54, 1.807) is 0 Å². The normalized spacial score (nSPS) is 18.6. The van der Waals surface area contributed by atoms with E-state index in [1.165, 1.54) is 44.5 Å². The van der Waals surface area contributed by atoms with E-state index in [4.69, 9.17) is 4.74 Å². The first-order valence-electron chi connectivity index (χ1n) is 8.61. The number of rotatable bonds is 7. The van der Waals surface area contributed by atoms with Gasteiger partial charge in [0.1, 0.15) is 5.75 Å². The number of ether oxygens (including phenoxy) is 1. The van der Waals surface area contributed by atoms with E-state index in [9.17, 15) is 0 Å². The van der Waals surface area contributed by atoms with E-state index in [1.807, 2.05) is 6.07 Å². The van der Waals surface area contributed by atoms with E-state index in [0.717, 1.165) is 30.6 Å². The van der Waals surface area contributed by atoms with Crippen LogP contribution in [0, 0.1) is 18.8 Å². The van der Waals surface area contributed by atoms with Crippen LogP contribution in [-0.4, -0.2) is 31.1 Å². The smallest absolute Gasteiger partial charge is 0.122 e. The highest BCUT2D eigenvalue weighted by molar-refractivity contribution is 5.31. The molecule has 1 unspecified atom stereocenters. The molecule has 1 heterocycles. The van der Waals surface area contributed by atoms with Crippen molar-refractivity contribution >= 4 is 0 Å². The van der Waals surface area contributed by atoms with Gasteiger partial charge in [-0.1, -0.05) is 38.5 Å². The number of para-hydroxylation sites is 1. The molecule has 0 N–H and O–H groups in total. The van der Waals surface area contributed by atoms with E-state index in [0.29, 0.717) is 0 Å². The molecule has 1 aliphatic heterocycles. The predicted octanol–water partition coefficient (Wildman–Crippen LogP) is 4.52. The fourth-order valence-electron chi connectivity index (χ4n) is 3.27. The molecule has 0 radical (unpaired) electrons. The fourth-order valence-corrected chi connectivity index (χ4v) is 3.27. The third kappa shape index (κ3) is 5.03. The lowest BCUT2D eigenvalue weighted by Gasteiger charge is -2.34. The molecule has 2 nitrogen and oxygen atoms in total. The van der Waals surface area contributed by atoms with Crippen molar-refractivity contribution < 1.29 is 4.74 Å². The molecule has 1 aromatic rings. The maximum absolute atomic E-state index is 5.88. The highest BCUT2D eigenvalue weighted by Gasteiger charge is 2.22. The van der Waals surface area contributed by atoms with Crippen molar-refractivity contribution in [3.8, 4) is 5.75 Å². The molecule has 0 spiro atoms. The first kappa shape index (κ1) is 16.4. The summed E-state index contributed by atoms with van der Waals surface area (Å²) in [4.78, 5) is 2.61. The molecule has 0 bridgehead atoms. The number of piperidine rings is 1. The summed E-state index contributed by atoms with van der Waals surface area (Å²) in [5.41, 5.74) is 1.23. The molecule has 0 saturated carbocycles. The molecule has 1 atom stereocenters. The number of hydrogen-bond acceptors (Lipinski definition) is 2. The summed E-state index contributed by atoms with van der Waals surface area (Å²) < 4.78 is 5.88. The van der Waals surface area contributed by atoms with Crippen LogP contribution in [0.3, 0.4) is 0 Å². The predicted molar refractivity (Wildman–Crippen MR) is 89.9 cm³/mol. The minimum absolute atomic E-state index is 0.830. The number of aryl methyl sites for hydroxylation is 1. The van der Waals surface area contributed by atoms with Gasteiger partial charge in [0.2, 0.25) is 0 Å². The average molecular weight is 289 g/mol. The number of hydrogen-bond donors (Lipinski definition) is 0. The second-order valence-corrected chi connectivity index (χ2v) is 6.53. The van der Waals surface area contributed by atoms with E-state index >= 15 is 0 Å². The molecule has 0 aromatic heterocycles. The topological polar surface area (TPSA) is 12.5 Å². The largest absolute Gasteiger partial charge is 0.493 e. The minimum Gasteiger partial charge on any atom is -0.493 e. The van der Waals surface area contributed by atoms with Crippen molar-refractivity contribution in [1.29, 1.82) is 0 Å². The molecular weight excluding hydrogens is 258 g/mol. The van der Waals surface area contributed by atoms with Gasteiger partial charge in [-0.3, -0.25) is 0 Å². The first-order chi connectivity index (χ1) is 10.2. The van der Waals surface area contributed by atoms with Crippen LogP contribution in [0.25, 0.3) is 0 Å². The molecule has 2 rings (SSSR count). The summed E-state index contributed by atoms with van der Waals surface area (Å²) >= 11 is 0. The summed E-state index contributed by atoms with van der Waals surface area (Å²) in [6.45, 7) is 11.4. The molecule has 1 saturated heterocycles. The summed E-state index contributed by atoms with van der Waals surface area (Å²) in [6, 6.07) is 8.27. The second kappa shape index (κ2) is 8.43. The summed E-state index contributed by atoms with van der Waals surface area (Å²) in [7, 11) is 0. The zero-order valence-electron chi connectivity index (χ0n) is 14.0. The SMILES string of the molecule is CCC(C)C1CCN(CCCOc2ccccc2C)CC1. The van der Waals surface area contributed by atoms with Crippen LogP contribution >= 0.6 is 0 Å². The Morgan fingerprint density at radius 3 is 2.62 bits per heavy atom. The molecule has 1 aromatic carbocycles. The number of benzene rings is 1. The highest BCUT2D eigenvalue weighted by atomic mass is 16.5. The van der Waals surface area contributed by atoms with Crippen LogP contribution in [0.1, 0.15) is 45.1 Å². The van der Waals surface area contributed by atoms with Gasteiger partial charge in [0.05, 0.1) is 6.61 Å². The van der Waals surface area contributed by atoms with Crippen LogP contribution in [0.15, 0.2) is 24.3 Å². The Bertz CT molecular complexity index is 410.